The van der Waals surface area contributed by atoms with Crippen LogP contribution in [0.3, 0.4) is 0 Å². The Morgan fingerprint density at radius 1 is 1.20 bits per heavy atom. The monoisotopic (exact) mass is 274 g/mol. The van der Waals surface area contributed by atoms with E-state index in [0.717, 1.165) is 18.6 Å². The van der Waals surface area contributed by atoms with E-state index in [4.69, 9.17) is 4.74 Å². The third-order valence-electron chi connectivity index (χ3n) is 4.77. The van der Waals surface area contributed by atoms with Gasteiger partial charge in [-0.3, -0.25) is 4.79 Å². The van der Waals surface area contributed by atoms with Crippen LogP contribution in [0.15, 0.2) is 24.3 Å². The standard InChI is InChI=1S/C18H26O2/c1-6-18(7-2)15(19)12-16(18)20-14-11-9-8-10-13(14)17(3,4)5/h8-11,16H,6-7,12H2,1-5H3. The second-order valence-corrected chi connectivity index (χ2v) is 6.84. The smallest absolute Gasteiger partial charge is 0.146 e. The van der Waals surface area contributed by atoms with Gasteiger partial charge in [-0.25, -0.2) is 0 Å². The maximum atomic E-state index is 12.0. The highest BCUT2D eigenvalue weighted by Crippen LogP contribution is 2.46. The predicted octanol–water partition coefficient (Wildman–Crippen LogP) is 4.51. The van der Waals surface area contributed by atoms with Gasteiger partial charge in [0.15, 0.2) is 0 Å². The fourth-order valence-corrected chi connectivity index (χ4v) is 3.21. The number of ether oxygens (including phenoxy) is 1. The Bertz CT molecular complexity index is 492. The van der Waals surface area contributed by atoms with E-state index < -0.39 is 0 Å². The lowest BCUT2D eigenvalue weighted by Gasteiger charge is -2.46. The van der Waals surface area contributed by atoms with Crippen molar-refractivity contribution >= 4 is 5.78 Å². The molecule has 0 N–H and O–H groups in total. The van der Waals surface area contributed by atoms with Crippen LogP contribution in [-0.2, 0) is 10.2 Å². The van der Waals surface area contributed by atoms with Crippen LogP contribution >= 0.6 is 0 Å². The number of carbonyl (C=O) groups excluding carboxylic acids is 1. The number of rotatable bonds is 4. The molecule has 1 aromatic carbocycles. The number of benzene rings is 1. The quantitative estimate of drug-likeness (QED) is 0.807. The van der Waals surface area contributed by atoms with Gasteiger partial charge in [0.2, 0.25) is 0 Å². The normalized spacial score (nSPS) is 21.4. The van der Waals surface area contributed by atoms with Gasteiger partial charge < -0.3 is 4.74 Å². The van der Waals surface area contributed by atoms with Crippen LogP contribution in [0, 0.1) is 5.41 Å². The molecule has 20 heavy (non-hydrogen) atoms. The molecule has 1 fully saturated rings. The van der Waals surface area contributed by atoms with Crippen LogP contribution in [0.25, 0.3) is 0 Å². The van der Waals surface area contributed by atoms with Crippen LogP contribution in [0.4, 0.5) is 0 Å². The van der Waals surface area contributed by atoms with Crippen molar-refractivity contribution in [2.45, 2.75) is 65.4 Å². The molecule has 1 aliphatic rings. The number of Topliss-reactive ketones (excluding diaryl/α,β-unsaturated/α-hetero) is 1. The van der Waals surface area contributed by atoms with Crippen LogP contribution in [-0.4, -0.2) is 11.9 Å². The average Bonchev–Trinajstić information content (AvgIpc) is 2.39. The first-order valence-corrected chi connectivity index (χ1v) is 7.64. The van der Waals surface area contributed by atoms with Crippen LogP contribution in [0.2, 0.25) is 0 Å². The molecule has 0 radical (unpaired) electrons. The molecule has 2 rings (SSSR count). The highest BCUT2D eigenvalue weighted by Gasteiger charge is 2.54. The minimum Gasteiger partial charge on any atom is -0.489 e. The Labute approximate surface area is 122 Å². The van der Waals surface area contributed by atoms with Crippen LogP contribution in [0.5, 0.6) is 5.75 Å². The SMILES string of the molecule is CCC1(CC)C(=O)CC1Oc1ccccc1C(C)(C)C. The first-order valence-electron chi connectivity index (χ1n) is 7.64. The molecule has 1 saturated carbocycles. The molecular weight excluding hydrogens is 248 g/mol. The van der Waals surface area contributed by atoms with Crippen molar-refractivity contribution in [2.24, 2.45) is 5.41 Å². The molecule has 0 spiro atoms. The first-order chi connectivity index (χ1) is 9.35. The van der Waals surface area contributed by atoms with E-state index in [-0.39, 0.29) is 16.9 Å². The number of para-hydroxylation sites is 1. The molecule has 0 aliphatic heterocycles. The van der Waals surface area contributed by atoms with Crippen molar-refractivity contribution in [3.63, 3.8) is 0 Å². The van der Waals surface area contributed by atoms with Crippen molar-refractivity contribution in [1.82, 2.24) is 0 Å². The second-order valence-electron chi connectivity index (χ2n) is 6.84. The van der Waals surface area contributed by atoms with Gasteiger partial charge in [0, 0.05) is 6.42 Å². The molecule has 0 bridgehead atoms. The van der Waals surface area contributed by atoms with Gasteiger partial charge in [-0.1, -0.05) is 52.8 Å². The summed E-state index contributed by atoms with van der Waals surface area (Å²) < 4.78 is 6.26. The Kier molecular flexibility index (Phi) is 3.95. The summed E-state index contributed by atoms with van der Waals surface area (Å²) in [6.45, 7) is 10.7. The zero-order valence-electron chi connectivity index (χ0n) is 13.3. The predicted molar refractivity (Wildman–Crippen MR) is 82.2 cm³/mol. The fourth-order valence-electron chi connectivity index (χ4n) is 3.21. The van der Waals surface area contributed by atoms with Crippen molar-refractivity contribution in [3.05, 3.63) is 29.8 Å². The van der Waals surface area contributed by atoms with Gasteiger partial charge in [0.25, 0.3) is 0 Å². The third kappa shape index (κ3) is 2.36. The molecule has 1 unspecified atom stereocenters. The molecule has 0 saturated heterocycles. The number of hydrogen-bond acceptors (Lipinski definition) is 2. The maximum Gasteiger partial charge on any atom is 0.146 e. The number of carbonyl (C=O) groups is 1. The molecular formula is C18H26O2. The molecule has 1 atom stereocenters. The lowest BCUT2D eigenvalue weighted by molar-refractivity contribution is -0.153. The second kappa shape index (κ2) is 5.23. The summed E-state index contributed by atoms with van der Waals surface area (Å²) in [5, 5.41) is 0. The summed E-state index contributed by atoms with van der Waals surface area (Å²) in [6, 6.07) is 8.20. The lowest BCUT2D eigenvalue weighted by atomic mass is 9.61. The fraction of sp³-hybridized carbons (Fsp3) is 0.611. The van der Waals surface area contributed by atoms with E-state index in [1.807, 2.05) is 18.2 Å². The maximum absolute atomic E-state index is 12.0. The molecule has 1 aromatic rings. The van der Waals surface area contributed by atoms with E-state index in [9.17, 15) is 4.79 Å². The van der Waals surface area contributed by atoms with E-state index in [1.54, 1.807) is 0 Å². The summed E-state index contributed by atoms with van der Waals surface area (Å²) >= 11 is 0. The Hall–Kier alpha value is -1.31. The van der Waals surface area contributed by atoms with Gasteiger partial charge in [0.05, 0.1) is 5.41 Å². The summed E-state index contributed by atoms with van der Waals surface area (Å²) in [7, 11) is 0. The minimum atomic E-state index is -0.259. The van der Waals surface area contributed by atoms with E-state index in [2.05, 4.69) is 40.7 Å². The molecule has 0 amide bonds. The molecule has 2 nitrogen and oxygen atoms in total. The van der Waals surface area contributed by atoms with Gasteiger partial charge in [-0.05, 0) is 29.9 Å². The molecule has 0 heterocycles. The Morgan fingerprint density at radius 3 is 2.30 bits per heavy atom. The van der Waals surface area contributed by atoms with Gasteiger partial charge >= 0.3 is 0 Å². The zero-order chi connectivity index (χ0) is 15.0. The van der Waals surface area contributed by atoms with Gasteiger partial charge in [-0.15, -0.1) is 0 Å². The third-order valence-corrected chi connectivity index (χ3v) is 4.77. The highest BCUT2D eigenvalue weighted by atomic mass is 16.5. The molecule has 2 heteroatoms. The molecule has 110 valence electrons. The van der Waals surface area contributed by atoms with Crippen LogP contribution < -0.4 is 4.74 Å². The summed E-state index contributed by atoms with van der Waals surface area (Å²) in [5.74, 6) is 1.30. The summed E-state index contributed by atoms with van der Waals surface area (Å²) in [4.78, 5) is 12.0. The first kappa shape index (κ1) is 15.1. The number of hydrogen-bond donors (Lipinski definition) is 0. The summed E-state index contributed by atoms with van der Waals surface area (Å²) in [6.07, 6.45) is 2.32. The van der Waals surface area contributed by atoms with E-state index in [0.29, 0.717) is 12.2 Å². The van der Waals surface area contributed by atoms with E-state index >= 15 is 0 Å². The Balaban J connectivity index is 2.26. The van der Waals surface area contributed by atoms with E-state index in [1.165, 1.54) is 5.56 Å². The van der Waals surface area contributed by atoms with Gasteiger partial charge in [-0.2, -0.15) is 0 Å². The Morgan fingerprint density at radius 2 is 1.80 bits per heavy atom. The van der Waals surface area contributed by atoms with Crippen molar-refractivity contribution in [3.8, 4) is 5.75 Å². The molecule has 1 aliphatic carbocycles. The number of ketones is 1. The highest BCUT2D eigenvalue weighted by molar-refractivity contribution is 5.92. The largest absolute Gasteiger partial charge is 0.489 e. The topological polar surface area (TPSA) is 26.3 Å². The van der Waals surface area contributed by atoms with Crippen molar-refractivity contribution < 1.29 is 9.53 Å². The average molecular weight is 274 g/mol. The molecule has 0 aromatic heterocycles. The van der Waals surface area contributed by atoms with Crippen LogP contribution in [0.1, 0.15) is 59.4 Å². The zero-order valence-corrected chi connectivity index (χ0v) is 13.3. The van der Waals surface area contributed by atoms with Crippen molar-refractivity contribution in [2.75, 3.05) is 0 Å². The summed E-state index contributed by atoms with van der Waals surface area (Å²) in [5.41, 5.74) is 0.997. The minimum absolute atomic E-state index is 0.0356. The van der Waals surface area contributed by atoms with Gasteiger partial charge in [0.1, 0.15) is 17.6 Å². The van der Waals surface area contributed by atoms with Crippen molar-refractivity contribution in [1.29, 1.82) is 0 Å². The lowest BCUT2D eigenvalue weighted by Crippen LogP contribution is -2.56.